The molecular weight excluding hydrogens is 292 g/mol. The SMILES string of the molecule is CCOc1ccc2nc(N3CCCc4ccccc43)sc2c1. The lowest BCUT2D eigenvalue weighted by Crippen LogP contribution is -2.24. The first-order valence-corrected chi connectivity index (χ1v) is 8.55. The van der Waals surface area contributed by atoms with E-state index in [1.807, 2.05) is 13.0 Å². The van der Waals surface area contributed by atoms with Crippen molar-refractivity contribution < 1.29 is 4.74 Å². The lowest BCUT2D eigenvalue weighted by Gasteiger charge is -2.28. The number of aryl methyl sites for hydroxylation is 1. The van der Waals surface area contributed by atoms with E-state index >= 15 is 0 Å². The Morgan fingerprint density at radius 3 is 3.05 bits per heavy atom. The first-order chi connectivity index (χ1) is 10.8. The average Bonchev–Trinajstić information content (AvgIpc) is 2.97. The number of benzene rings is 2. The maximum Gasteiger partial charge on any atom is 0.190 e. The van der Waals surface area contributed by atoms with Crippen molar-refractivity contribution in [1.82, 2.24) is 4.98 Å². The summed E-state index contributed by atoms with van der Waals surface area (Å²) in [5, 5.41) is 1.08. The van der Waals surface area contributed by atoms with E-state index < -0.39 is 0 Å². The van der Waals surface area contributed by atoms with Crippen molar-refractivity contribution in [3.63, 3.8) is 0 Å². The van der Waals surface area contributed by atoms with Crippen LogP contribution in [-0.4, -0.2) is 18.1 Å². The molecule has 1 aromatic heterocycles. The molecule has 0 unspecified atom stereocenters. The number of ether oxygens (including phenoxy) is 1. The Morgan fingerprint density at radius 2 is 2.14 bits per heavy atom. The highest BCUT2D eigenvalue weighted by Gasteiger charge is 2.20. The summed E-state index contributed by atoms with van der Waals surface area (Å²) in [6, 6.07) is 14.8. The van der Waals surface area contributed by atoms with Crippen molar-refractivity contribution in [2.75, 3.05) is 18.1 Å². The minimum absolute atomic E-state index is 0.691. The molecule has 0 radical (unpaired) electrons. The van der Waals surface area contributed by atoms with Crippen molar-refractivity contribution in [2.24, 2.45) is 0 Å². The second-order valence-corrected chi connectivity index (χ2v) is 6.45. The van der Waals surface area contributed by atoms with Crippen LogP contribution in [0.2, 0.25) is 0 Å². The van der Waals surface area contributed by atoms with E-state index in [4.69, 9.17) is 9.72 Å². The third-order valence-corrected chi connectivity index (χ3v) is 5.04. The molecule has 0 spiro atoms. The van der Waals surface area contributed by atoms with Gasteiger partial charge in [-0.1, -0.05) is 29.5 Å². The fraction of sp³-hybridized carbons (Fsp3) is 0.278. The number of fused-ring (bicyclic) bond motifs is 2. The number of anilines is 2. The van der Waals surface area contributed by atoms with Gasteiger partial charge in [0.05, 0.1) is 16.8 Å². The topological polar surface area (TPSA) is 25.4 Å². The fourth-order valence-corrected chi connectivity index (χ4v) is 4.03. The predicted octanol–water partition coefficient (Wildman–Crippen LogP) is 4.78. The number of aromatic nitrogens is 1. The van der Waals surface area contributed by atoms with Gasteiger partial charge < -0.3 is 9.64 Å². The van der Waals surface area contributed by atoms with Gasteiger partial charge >= 0.3 is 0 Å². The van der Waals surface area contributed by atoms with Crippen molar-refractivity contribution in [3.8, 4) is 5.75 Å². The fourth-order valence-electron chi connectivity index (χ4n) is 3.00. The van der Waals surface area contributed by atoms with E-state index in [0.717, 1.165) is 29.4 Å². The van der Waals surface area contributed by atoms with Crippen LogP contribution in [0.25, 0.3) is 10.2 Å². The van der Waals surface area contributed by atoms with Crippen molar-refractivity contribution in [3.05, 3.63) is 48.0 Å². The summed E-state index contributed by atoms with van der Waals surface area (Å²) in [5.41, 5.74) is 3.77. The molecule has 0 saturated carbocycles. The predicted molar refractivity (Wildman–Crippen MR) is 92.6 cm³/mol. The van der Waals surface area contributed by atoms with Gasteiger partial charge in [-0.25, -0.2) is 4.98 Å². The summed E-state index contributed by atoms with van der Waals surface area (Å²) in [7, 11) is 0. The Kier molecular flexibility index (Phi) is 3.47. The maximum absolute atomic E-state index is 5.59. The first-order valence-electron chi connectivity index (χ1n) is 7.74. The van der Waals surface area contributed by atoms with Crippen LogP contribution in [0.15, 0.2) is 42.5 Å². The van der Waals surface area contributed by atoms with E-state index in [-0.39, 0.29) is 0 Å². The number of hydrogen-bond donors (Lipinski definition) is 0. The van der Waals surface area contributed by atoms with E-state index in [1.165, 1.54) is 22.4 Å². The summed E-state index contributed by atoms with van der Waals surface area (Å²) in [5.74, 6) is 0.921. The van der Waals surface area contributed by atoms with Gasteiger partial charge in [0.25, 0.3) is 0 Å². The molecule has 1 aliphatic rings. The molecule has 0 aliphatic carbocycles. The molecule has 0 bridgehead atoms. The van der Waals surface area contributed by atoms with Gasteiger partial charge in [0, 0.05) is 12.2 Å². The van der Waals surface area contributed by atoms with Crippen LogP contribution in [-0.2, 0) is 6.42 Å². The number of thiazole rings is 1. The van der Waals surface area contributed by atoms with Crippen molar-refractivity contribution >= 4 is 32.4 Å². The molecule has 1 aliphatic heterocycles. The monoisotopic (exact) mass is 310 g/mol. The quantitative estimate of drug-likeness (QED) is 0.696. The normalized spacial score (nSPS) is 14.1. The van der Waals surface area contributed by atoms with Gasteiger partial charge in [0.15, 0.2) is 5.13 Å². The van der Waals surface area contributed by atoms with Gasteiger partial charge in [-0.3, -0.25) is 0 Å². The number of hydrogen-bond acceptors (Lipinski definition) is 4. The van der Waals surface area contributed by atoms with Crippen LogP contribution >= 0.6 is 11.3 Å². The van der Waals surface area contributed by atoms with Crippen LogP contribution in [0.3, 0.4) is 0 Å². The van der Waals surface area contributed by atoms with Gasteiger partial charge in [0.2, 0.25) is 0 Å². The van der Waals surface area contributed by atoms with Crippen molar-refractivity contribution in [2.45, 2.75) is 19.8 Å². The Balaban J connectivity index is 1.75. The highest BCUT2D eigenvalue weighted by molar-refractivity contribution is 7.22. The average molecular weight is 310 g/mol. The molecule has 0 atom stereocenters. The Morgan fingerprint density at radius 1 is 1.23 bits per heavy atom. The lowest BCUT2D eigenvalue weighted by atomic mass is 10.0. The zero-order chi connectivity index (χ0) is 14.9. The smallest absolute Gasteiger partial charge is 0.190 e. The highest BCUT2D eigenvalue weighted by atomic mass is 32.1. The van der Waals surface area contributed by atoms with Crippen LogP contribution in [0, 0.1) is 0 Å². The Hall–Kier alpha value is -2.07. The number of nitrogens with zero attached hydrogens (tertiary/aromatic N) is 2. The summed E-state index contributed by atoms with van der Waals surface area (Å²) in [6.07, 6.45) is 2.34. The summed E-state index contributed by atoms with van der Waals surface area (Å²) >= 11 is 1.74. The maximum atomic E-state index is 5.59. The second kappa shape index (κ2) is 5.61. The molecule has 0 N–H and O–H groups in total. The molecule has 2 heterocycles. The number of rotatable bonds is 3. The third-order valence-electron chi connectivity index (χ3n) is 4.00. The first kappa shape index (κ1) is 13.6. The molecular formula is C18H18N2OS. The summed E-state index contributed by atoms with van der Waals surface area (Å²) in [4.78, 5) is 7.18. The van der Waals surface area contributed by atoms with Gasteiger partial charge in [0.1, 0.15) is 5.75 Å². The van der Waals surface area contributed by atoms with E-state index in [0.29, 0.717) is 6.61 Å². The molecule has 0 saturated heterocycles. The van der Waals surface area contributed by atoms with Crippen LogP contribution in [0.5, 0.6) is 5.75 Å². The van der Waals surface area contributed by atoms with E-state index in [9.17, 15) is 0 Å². The molecule has 112 valence electrons. The molecule has 0 fully saturated rings. The molecule has 3 aromatic rings. The molecule has 3 nitrogen and oxygen atoms in total. The van der Waals surface area contributed by atoms with E-state index in [1.54, 1.807) is 11.3 Å². The molecule has 2 aromatic carbocycles. The minimum Gasteiger partial charge on any atom is -0.494 e. The number of para-hydroxylation sites is 1. The van der Waals surface area contributed by atoms with Gasteiger partial charge in [-0.2, -0.15) is 0 Å². The largest absolute Gasteiger partial charge is 0.494 e. The Labute approximate surface area is 134 Å². The summed E-state index contributed by atoms with van der Waals surface area (Å²) < 4.78 is 6.77. The van der Waals surface area contributed by atoms with Crippen molar-refractivity contribution in [1.29, 1.82) is 0 Å². The van der Waals surface area contributed by atoms with Gasteiger partial charge in [-0.05, 0) is 49.6 Å². The second-order valence-electron chi connectivity index (χ2n) is 5.44. The lowest BCUT2D eigenvalue weighted by molar-refractivity contribution is 0.341. The highest BCUT2D eigenvalue weighted by Crippen LogP contribution is 2.38. The Bertz CT molecular complexity index is 812. The standard InChI is InChI=1S/C18H18N2OS/c1-2-21-14-9-10-15-17(12-14)22-18(19-15)20-11-5-7-13-6-3-4-8-16(13)20/h3-4,6,8-10,12H,2,5,7,11H2,1H3. The zero-order valence-corrected chi connectivity index (χ0v) is 13.4. The molecule has 4 heteroatoms. The molecule has 0 amide bonds. The van der Waals surface area contributed by atoms with Crippen LogP contribution in [0.1, 0.15) is 18.9 Å². The third kappa shape index (κ3) is 2.33. The van der Waals surface area contributed by atoms with Gasteiger partial charge in [-0.15, -0.1) is 0 Å². The van der Waals surface area contributed by atoms with E-state index in [2.05, 4.69) is 41.3 Å². The zero-order valence-electron chi connectivity index (χ0n) is 12.6. The minimum atomic E-state index is 0.691. The van der Waals surface area contributed by atoms with Crippen LogP contribution < -0.4 is 9.64 Å². The molecule has 4 rings (SSSR count). The summed E-state index contributed by atoms with van der Waals surface area (Å²) in [6.45, 7) is 3.73. The molecule has 22 heavy (non-hydrogen) atoms. The van der Waals surface area contributed by atoms with Crippen LogP contribution in [0.4, 0.5) is 10.8 Å².